The van der Waals surface area contributed by atoms with Crippen molar-refractivity contribution >= 4 is 41.4 Å². The van der Waals surface area contributed by atoms with E-state index in [0.29, 0.717) is 24.5 Å². The summed E-state index contributed by atoms with van der Waals surface area (Å²) in [6, 6.07) is 7.10. The van der Waals surface area contributed by atoms with Gasteiger partial charge >= 0.3 is 6.03 Å². The number of anilines is 1. The Bertz CT molecular complexity index is 703. The molecule has 0 bridgehead atoms. The molecule has 7 nitrogen and oxygen atoms in total. The standard InChI is InChI=1S/C16H21N5O2S.ClH/c1-10(2)19-16(23)20-12-5-3-11(4-6-12)8-18-15(22)13-9-24-14(7-17)21-13;/h3-6,9-10H,7-8,17H2,1-2H3,(H,18,22)(H2,19,20,23);1H. The topological polar surface area (TPSA) is 109 Å². The van der Waals surface area contributed by atoms with Gasteiger partial charge in [0.1, 0.15) is 10.7 Å². The maximum atomic E-state index is 12.0. The van der Waals surface area contributed by atoms with E-state index >= 15 is 0 Å². The number of carbonyl (C=O) groups is 2. The maximum Gasteiger partial charge on any atom is 0.319 e. The largest absolute Gasteiger partial charge is 0.347 e. The lowest BCUT2D eigenvalue weighted by molar-refractivity contribution is 0.0946. The number of carbonyl (C=O) groups excluding carboxylic acids is 2. The number of thiazole rings is 1. The molecule has 3 amide bonds. The highest BCUT2D eigenvalue weighted by Gasteiger charge is 2.10. The molecule has 0 aliphatic carbocycles. The van der Waals surface area contributed by atoms with Crippen LogP contribution >= 0.6 is 23.7 Å². The number of halogens is 1. The molecule has 0 aliphatic rings. The van der Waals surface area contributed by atoms with Crippen LogP contribution in [0.15, 0.2) is 29.6 Å². The third-order valence-electron chi connectivity index (χ3n) is 3.04. The summed E-state index contributed by atoms with van der Waals surface area (Å²) < 4.78 is 0. The van der Waals surface area contributed by atoms with E-state index in [1.807, 2.05) is 26.0 Å². The number of nitrogens with one attached hydrogen (secondary N) is 3. The zero-order chi connectivity index (χ0) is 17.5. The lowest BCUT2D eigenvalue weighted by atomic mass is 10.2. The summed E-state index contributed by atoms with van der Waals surface area (Å²) in [6.07, 6.45) is 0. The molecule has 0 radical (unpaired) electrons. The van der Waals surface area contributed by atoms with Crippen LogP contribution in [0.5, 0.6) is 0 Å². The van der Waals surface area contributed by atoms with Crippen LogP contribution in [0.4, 0.5) is 10.5 Å². The van der Waals surface area contributed by atoms with Gasteiger partial charge in [0, 0.05) is 30.2 Å². The molecule has 0 aliphatic heterocycles. The number of amides is 3. The number of hydrogen-bond acceptors (Lipinski definition) is 5. The van der Waals surface area contributed by atoms with Gasteiger partial charge < -0.3 is 21.7 Å². The first-order valence-corrected chi connectivity index (χ1v) is 8.45. The normalized spacial score (nSPS) is 10.1. The third-order valence-corrected chi connectivity index (χ3v) is 3.91. The van der Waals surface area contributed by atoms with Crippen molar-refractivity contribution in [1.82, 2.24) is 15.6 Å². The van der Waals surface area contributed by atoms with E-state index in [0.717, 1.165) is 10.6 Å². The van der Waals surface area contributed by atoms with Crippen molar-refractivity contribution in [2.75, 3.05) is 5.32 Å². The van der Waals surface area contributed by atoms with Gasteiger partial charge in [0.25, 0.3) is 5.91 Å². The SMILES string of the molecule is CC(C)NC(=O)Nc1ccc(CNC(=O)c2csc(CN)n2)cc1.Cl. The Labute approximate surface area is 156 Å². The van der Waals surface area contributed by atoms with E-state index in [9.17, 15) is 9.59 Å². The van der Waals surface area contributed by atoms with E-state index < -0.39 is 0 Å². The molecule has 2 aromatic rings. The molecule has 1 heterocycles. The predicted octanol–water partition coefficient (Wildman–Crippen LogP) is 2.48. The molecule has 0 spiro atoms. The Balaban J connectivity index is 0.00000312. The number of nitrogens with zero attached hydrogens (tertiary/aromatic N) is 1. The van der Waals surface area contributed by atoms with Gasteiger partial charge in [-0.1, -0.05) is 12.1 Å². The van der Waals surface area contributed by atoms with Crippen LogP contribution in [-0.2, 0) is 13.1 Å². The van der Waals surface area contributed by atoms with Crippen LogP contribution < -0.4 is 21.7 Å². The first-order valence-electron chi connectivity index (χ1n) is 7.57. The van der Waals surface area contributed by atoms with E-state index in [1.54, 1.807) is 17.5 Å². The molecule has 2 rings (SSSR count). The minimum Gasteiger partial charge on any atom is -0.347 e. The summed E-state index contributed by atoms with van der Waals surface area (Å²) in [5.74, 6) is -0.232. The molecular formula is C16H22ClN5O2S. The monoisotopic (exact) mass is 383 g/mol. The number of aromatic nitrogens is 1. The number of rotatable bonds is 6. The molecule has 9 heteroatoms. The lowest BCUT2D eigenvalue weighted by Crippen LogP contribution is -2.34. The van der Waals surface area contributed by atoms with E-state index in [1.165, 1.54) is 11.3 Å². The Morgan fingerprint density at radius 3 is 2.48 bits per heavy atom. The van der Waals surface area contributed by atoms with Crippen molar-refractivity contribution in [2.45, 2.75) is 33.0 Å². The van der Waals surface area contributed by atoms with Crippen LogP contribution in [0.2, 0.25) is 0 Å². The van der Waals surface area contributed by atoms with Crippen molar-refractivity contribution in [3.05, 3.63) is 45.9 Å². The Morgan fingerprint density at radius 1 is 1.24 bits per heavy atom. The maximum absolute atomic E-state index is 12.0. The second-order valence-electron chi connectivity index (χ2n) is 5.46. The summed E-state index contributed by atoms with van der Waals surface area (Å²) in [6.45, 7) is 4.50. The molecule has 0 unspecified atom stereocenters. The van der Waals surface area contributed by atoms with E-state index in [4.69, 9.17) is 5.73 Å². The van der Waals surface area contributed by atoms with Gasteiger partial charge in [-0.3, -0.25) is 4.79 Å². The van der Waals surface area contributed by atoms with Crippen molar-refractivity contribution in [2.24, 2.45) is 5.73 Å². The van der Waals surface area contributed by atoms with Gasteiger partial charge in [-0.2, -0.15) is 0 Å². The minimum absolute atomic E-state index is 0. The number of hydrogen-bond donors (Lipinski definition) is 4. The Morgan fingerprint density at radius 2 is 1.92 bits per heavy atom. The Hall–Kier alpha value is -2.16. The molecule has 0 saturated carbocycles. The zero-order valence-corrected chi connectivity index (χ0v) is 15.7. The van der Waals surface area contributed by atoms with Crippen LogP contribution in [0.25, 0.3) is 0 Å². The average molecular weight is 384 g/mol. The van der Waals surface area contributed by atoms with Gasteiger partial charge in [0.15, 0.2) is 0 Å². The van der Waals surface area contributed by atoms with Crippen molar-refractivity contribution in [1.29, 1.82) is 0 Å². The molecule has 0 fully saturated rings. The smallest absolute Gasteiger partial charge is 0.319 e. The second kappa shape index (κ2) is 9.97. The highest BCUT2D eigenvalue weighted by atomic mass is 35.5. The van der Waals surface area contributed by atoms with Crippen LogP contribution in [0.3, 0.4) is 0 Å². The average Bonchev–Trinajstić information content (AvgIpc) is 3.02. The summed E-state index contributed by atoms with van der Waals surface area (Å²) >= 11 is 1.37. The molecule has 136 valence electrons. The van der Waals surface area contributed by atoms with Gasteiger partial charge in [-0.05, 0) is 31.5 Å². The fraction of sp³-hybridized carbons (Fsp3) is 0.312. The fourth-order valence-corrected chi connectivity index (χ4v) is 2.57. The van der Waals surface area contributed by atoms with Gasteiger partial charge in [0.2, 0.25) is 0 Å². The third kappa shape index (κ3) is 6.69. The first-order chi connectivity index (χ1) is 11.5. The highest BCUT2D eigenvalue weighted by molar-refractivity contribution is 7.09. The van der Waals surface area contributed by atoms with E-state index in [-0.39, 0.29) is 30.4 Å². The summed E-state index contributed by atoms with van der Waals surface area (Å²) in [7, 11) is 0. The van der Waals surface area contributed by atoms with Gasteiger partial charge in [-0.25, -0.2) is 9.78 Å². The fourth-order valence-electron chi connectivity index (χ4n) is 1.92. The summed E-state index contributed by atoms with van der Waals surface area (Å²) in [5.41, 5.74) is 7.48. The molecular weight excluding hydrogens is 362 g/mol. The molecule has 0 atom stereocenters. The molecule has 25 heavy (non-hydrogen) atoms. The first kappa shape index (κ1) is 20.9. The van der Waals surface area contributed by atoms with E-state index in [2.05, 4.69) is 20.9 Å². The molecule has 1 aromatic carbocycles. The van der Waals surface area contributed by atoms with Crippen LogP contribution in [0.1, 0.15) is 34.9 Å². The predicted molar refractivity (Wildman–Crippen MR) is 102 cm³/mol. The van der Waals surface area contributed by atoms with Crippen LogP contribution in [0, 0.1) is 0 Å². The second-order valence-corrected chi connectivity index (χ2v) is 6.41. The van der Waals surface area contributed by atoms with Crippen molar-refractivity contribution in [3.8, 4) is 0 Å². The lowest BCUT2D eigenvalue weighted by Gasteiger charge is -2.10. The van der Waals surface area contributed by atoms with Crippen LogP contribution in [-0.4, -0.2) is 23.0 Å². The summed E-state index contributed by atoms with van der Waals surface area (Å²) in [4.78, 5) is 27.7. The Kier molecular flexibility index (Phi) is 8.33. The molecule has 0 saturated heterocycles. The number of urea groups is 1. The van der Waals surface area contributed by atoms with Gasteiger partial charge in [-0.15, -0.1) is 23.7 Å². The minimum atomic E-state index is -0.245. The quantitative estimate of drug-likeness (QED) is 0.614. The van der Waals surface area contributed by atoms with Gasteiger partial charge in [0.05, 0.1) is 0 Å². The molecule has 5 N–H and O–H groups in total. The molecule has 1 aromatic heterocycles. The zero-order valence-electron chi connectivity index (χ0n) is 14.0. The van der Waals surface area contributed by atoms with Crippen molar-refractivity contribution in [3.63, 3.8) is 0 Å². The number of benzene rings is 1. The van der Waals surface area contributed by atoms with Crippen molar-refractivity contribution < 1.29 is 9.59 Å². The highest BCUT2D eigenvalue weighted by Crippen LogP contribution is 2.11. The summed E-state index contributed by atoms with van der Waals surface area (Å²) in [5, 5.41) is 10.7. The number of nitrogens with two attached hydrogens (primary N) is 1.